The van der Waals surface area contributed by atoms with Crippen LogP contribution >= 0.6 is 0 Å². The molecule has 1 heterocycles. The fourth-order valence-corrected chi connectivity index (χ4v) is 3.00. The molecule has 5 nitrogen and oxygen atoms in total. The van der Waals surface area contributed by atoms with Gasteiger partial charge in [0.2, 0.25) is 0 Å². The number of benzene rings is 3. The van der Waals surface area contributed by atoms with Crippen LogP contribution in [-0.4, -0.2) is 25.0 Å². The first-order valence-electron chi connectivity index (χ1n) is 8.76. The molecule has 1 aromatic heterocycles. The summed E-state index contributed by atoms with van der Waals surface area (Å²) in [6.07, 6.45) is -4.66. The first-order valence-corrected chi connectivity index (χ1v) is 8.76. The Morgan fingerprint density at radius 1 is 0.774 bits per heavy atom. The number of phenolic OH excluding ortho intramolecular Hbond substituents is 2. The highest BCUT2D eigenvalue weighted by molar-refractivity contribution is 5.71. The zero-order valence-corrected chi connectivity index (χ0v) is 15.4. The molecule has 0 spiro atoms. The van der Waals surface area contributed by atoms with Crippen molar-refractivity contribution in [2.24, 2.45) is 0 Å². The second-order valence-corrected chi connectivity index (χ2v) is 6.55. The lowest BCUT2D eigenvalue weighted by Gasteiger charge is -2.08. The predicted octanol–water partition coefficient (Wildman–Crippen LogP) is 5.31. The quantitative estimate of drug-likeness (QED) is 0.430. The number of nitrogens with zero attached hydrogens (tertiary/aromatic N) is 3. The van der Waals surface area contributed by atoms with Gasteiger partial charge in [-0.3, -0.25) is 0 Å². The summed E-state index contributed by atoms with van der Waals surface area (Å²) in [5, 5.41) is 24.5. The molecule has 0 aliphatic heterocycles. The van der Waals surface area contributed by atoms with E-state index >= 15 is 0 Å². The Morgan fingerprint density at radius 2 is 1.45 bits per heavy atom. The van der Waals surface area contributed by atoms with E-state index in [1.54, 1.807) is 12.1 Å². The molecule has 0 saturated heterocycles. The molecule has 2 N–H and O–H groups in total. The van der Waals surface area contributed by atoms with Crippen molar-refractivity contribution >= 4 is 0 Å². The number of hydrogen-bond donors (Lipinski definition) is 2. The van der Waals surface area contributed by atoms with Gasteiger partial charge in [-0.25, -0.2) is 18.4 Å². The van der Waals surface area contributed by atoms with Gasteiger partial charge in [0.25, 0.3) is 0 Å². The molecule has 0 amide bonds. The zero-order valence-electron chi connectivity index (χ0n) is 15.4. The normalized spacial score (nSPS) is 11.6. The van der Waals surface area contributed by atoms with Crippen LogP contribution in [0.25, 0.3) is 28.5 Å². The maximum absolute atomic E-state index is 13.8. The Bertz CT molecular complexity index is 1260. The van der Waals surface area contributed by atoms with Crippen molar-refractivity contribution in [2.45, 2.75) is 6.18 Å². The van der Waals surface area contributed by atoms with E-state index < -0.39 is 29.1 Å². The number of rotatable bonds is 3. The Labute approximate surface area is 171 Å². The van der Waals surface area contributed by atoms with Crippen molar-refractivity contribution < 1.29 is 32.2 Å². The molecule has 158 valence electrons. The standard InChI is InChI=1S/C21H12F5N3O2/c22-12-8-13(23)10-14(9-12)29-20(16-3-1-2-4-17(16)30)27-19(28-29)15-6-5-11(7-18(15)31)21(24,25)26/h1-10,30-31H. The average molecular weight is 433 g/mol. The fraction of sp³-hybridized carbons (Fsp3) is 0.0476. The monoisotopic (exact) mass is 433 g/mol. The highest BCUT2D eigenvalue weighted by Crippen LogP contribution is 2.37. The smallest absolute Gasteiger partial charge is 0.416 e. The van der Waals surface area contributed by atoms with Crippen molar-refractivity contribution in [3.05, 3.63) is 77.9 Å². The summed E-state index contributed by atoms with van der Waals surface area (Å²) < 4.78 is 67.2. The Balaban J connectivity index is 1.93. The van der Waals surface area contributed by atoms with Crippen LogP contribution < -0.4 is 0 Å². The summed E-state index contributed by atoms with van der Waals surface area (Å²) in [7, 11) is 0. The van der Waals surface area contributed by atoms with Crippen LogP contribution in [0.2, 0.25) is 0 Å². The minimum atomic E-state index is -4.66. The van der Waals surface area contributed by atoms with Gasteiger partial charge >= 0.3 is 6.18 Å². The Kier molecular flexibility index (Phi) is 4.84. The van der Waals surface area contributed by atoms with Crippen LogP contribution in [0, 0.1) is 11.6 Å². The summed E-state index contributed by atoms with van der Waals surface area (Å²) in [4.78, 5) is 4.21. The van der Waals surface area contributed by atoms with Gasteiger partial charge < -0.3 is 10.2 Å². The Hall–Kier alpha value is -3.95. The third kappa shape index (κ3) is 3.91. The van der Waals surface area contributed by atoms with Crippen molar-refractivity contribution in [1.82, 2.24) is 14.8 Å². The van der Waals surface area contributed by atoms with E-state index in [2.05, 4.69) is 10.1 Å². The molecular weight excluding hydrogens is 421 g/mol. The molecule has 0 radical (unpaired) electrons. The van der Waals surface area contributed by atoms with Gasteiger partial charge in [0, 0.05) is 6.07 Å². The molecule has 0 bridgehead atoms. The van der Waals surface area contributed by atoms with Crippen molar-refractivity contribution in [1.29, 1.82) is 0 Å². The number of halogens is 5. The van der Waals surface area contributed by atoms with Crippen LogP contribution in [0.3, 0.4) is 0 Å². The molecular formula is C21H12F5N3O2. The summed E-state index contributed by atoms with van der Waals surface area (Å²) in [5.74, 6) is -3.00. The molecule has 0 atom stereocenters. The largest absolute Gasteiger partial charge is 0.507 e. The molecule has 10 heteroatoms. The number of alkyl halides is 3. The first-order chi connectivity index (χ1) is 14.6. The van der Waals surface area contributed by atoms with Crippen LogP contribution in [0.15, 0.2) is 60.7 Å². The van der Waals surface area contributed by atoms with Crippen LogP contribution in [-0.2, 0) is 6.18 Å². The lowest BCUT2D eigenvalue weighted by Crippen LogP contribution is -2.04. The second-order valence-electron chi connectivity index (χ2n) is 6.55. The van der Waals surface area contributed by atoms with E-state index in [0.717, 1.165) is 28.9 Å². The summed E-state index contributed by atoms with van der Waals surface area (Å²) in [6, 6.07) is 10.8. The minimum Gasteiger partial charge on any atom is -0.507 e. The van der Waals surface area contributed by atoms with Gasteiger partial charge in [0.1, 0.15) is 23.1 Å². The van der Waals surface area contributed by atoms with E-state index in [1.165, 1.54) is 12.1 Å². The number of para-hydroxylation sites is 1. The SMILES string of the molecule is Oc1cc(C(F)(F)F)ccc1-c1nc(-c2ccccc2O)n(-c2cc(F)cc(F)c2)n1. The first kappa shape index (κ1) is 20.3. The van der Waals surface area contributed by atoms with Gasteiger partial charge in [-0.15, -0.1) is 5.10 Å². The molecule has 0 unspecified atom stereocenters. The molecule has 4 rings (SSSR count). The molecule has 0 aliphatic carbocycles. The lowest BCUT2D eigenvalue weighted by atomic mass is 10.1. The van der Waals surface area contributed by atoms with E-state index in [-0.39, 0.29) is 34.2 Å². The number of phenols is 2. The molecule has 3 aromatic carbocycles. The van der Waals surface area contributed by atoms with Gasteiger partial charge in [-0.1, -0.05) is 12.1 Å². The summed E-state index contributed by atoms with van der Waals surface area (Å²) in [5.41, 5.74) is -1.14. The summed E-state index contributed by atoms with van der Waals surface area (Å²) >= 11 is 0. The van der Waals surface area contributed by atoms with Crippen molar-refractivity contribution in [2.75, 3.05) is 0 Å². The highest BCUT2D eigenvalue weighted by atomic mass is 19.4. The number of aromatic hydroxyl groups is 2. The Morgan fingerprint density at radius 3 is 2.06 bits per heavy atom. The maximum Gasteiger partial charge on any atom is 0.416 e. The second kappa shape index (κ2) is 7.38. The fourth-order valence-electron chi connectivity index (χ4n) is 3.00. The number of aromatic nitrogens is 3. The van der Waals surface area contributed by atoms with Crippen molar-refractivity contribution in [3.63, 3.8) is 0 Å². The van der Waals surface area contributed by atoms with Crippen LogP contribution in [0.4, 0.5) is 22.0 Å². The van der Waals surface area contributed by atoms with Crippen LogP contribution in [0.5, 0.6) is 11.5 Å². The lowest BCUT2D eigenvalue weighted by molar-refractivity contribution is -0.137. The van der Waals surface area contributed by atoms with Gasteiger partial charge in [0.15, 0.2) is 11.6 Å². The summed E-state index contributed by atoms with van der Waals surface area (Å²) in [6.45, 7) is 0. The predicted molar refractivity (Wildman–Crippen MR) is 100 cm³/mol. The van der Waals surface area contributed by atoms with Gasteiger partial charge in [0.05, 0.1) is 22.4 Å². The minimum absolute atomic E-state index is 0.0441. The number of hydrogen-bond acceptors (Lipinski definition) is 4. The molecule has 0 aliphatic rings. The third-order valence-corrected chi connectivity index (χ3v) is 4.41. The molecule has 0 fully saturated rings. The van der Waals surface area contributed by atoms with Crippen molar-refractivity contribution in [3.8, 4) is 40.0 Å². The van der Waals surface area contributed by atoms with E-state index in [9.17, 15) is 32.2 Å². The highest BCUT2D eigenvalue weighted by Gasteiger charge is 2.31. The van der Waals surface area contributed by atoms with Gasteiger partial charge in [-0.05, 0) is 42.5 Å². The molecule has 4 aromatic rings. The van der Waals surface area contributed by atoms with E-state index in [4.69, 9.17) is 0 Å². The average Bonchev–Trinajstić information content (AvgIpc) is 3.11. The molecule has 0 saturated carbocycles. The topological polar surface area (TPSA) is 71.2 Å². The molecule has 31 heavy (non-hydrogen) atoms. The third-order valence-electron chi connectivity index (χ3n) is 4.41. The van der Waals surface area contributed by atoms with E-state index in [0.29, 0.717) is 12.1 Å². The van der Waals surface area contributed by atoms with E-state index in [1.807, 2.05) is 0 Å². The van der Waals surface area contributed by atoms with Gasteiger partial charge in [-0.2, -0.15) is 13.2 Å². The zero-order chi connectivity index (χ0) is 22.3. The van der Waals surface area contributed by atoms with Crippen LogP contribution in [0.1, 0.15) is 5.56 Å². The maximum atomic E-state index is 13.8.